The molecule has 7 heteroatoms. The van der Waals surface area contributed by atoms with E-state index in [-0.39, 0.29) is 23.3 Å². The molecular formula is C22H23FN4O2. The average Bonchev–Trinajstić information content (AvgIpc) is 3.08. The van der Waals surface area contributed by atoms with Crippen LogP contribution in [0.2, 0.25) is 0 Å². The number of aromatic nitrogens is 2. The molecule has 1 N–H and O–H groups in total. The number of fused-ring (bicyclic) bond motifs is 1. The van der Waals surface area contributed by atoms with Gasteiger partial charge < -0.3 is 10.2 Å². The van der Waals surface area contributed by atoms with Crippen molar-refractivity contribution in [3.63, 3.8) is 0 Å². The first-order valence-corrected chi connectivity index (χ1v) is 9.80. The summed E-state index contributed by atoms with van der Waals surface area (Å²) >= 11 is 0. The second-order valence-electron chi connectivity index (χ2n) is 7.40. The third-order valence-electron chi connectivity index (χ3n) is 5.48. The second-order valence-corrected chi connectivity index (χ2v) is 7.40. The normalized spacial score (nSPS) is 14.9. The van der Waals surface area contributed by atoms with Gasteiger partial charge in [0.1, 0.15) is 17.2 Å². The Bertz CT molecular complexity index is 1050. The molecule has 0 aliphatic carbocycles. The minimum absolute atomic E-state index is 0.113. The Labute approximate surface area is 168 Å². The summed E-state index contributed by atoms with van der Waals surface area (Å²) in [5.41, 5.74) is 2.10. The number of amides is 2. The Kier molecular flexibility index (Phi) is 5.29. The van der Waals surface area contributed by atoms with Crippen LogP contribution in [0, 0.1) is 18.7 Å². The van der Waals surface area contributed by atoms with Gasteiger partial charge in [0.15, 0.2) is 0 Å². The molecule has 3 heterocycles. The molecule has 6 nitrogen and oxygen atoms in total. The van der Waals surface area contributed by atoms with Crippen molar-refractivity contribution in [2.75, 3.05) is 19.6 Å². The van der Waals surface area contributed by atoms with Crippen molar-refractivity contribution in [2.45, 2.75) is 19.8 Å². The third-order valence-corrected chi connectivity index (χ3v) is 5.48. The first-order valence-electron chi connectivity index (χ1n) is 9.80. The van der Waals surface area contributed by atoms with Gasteiger partial charge >= 0.3 is 0 Å². The molecule has 1 saturated heterocycles. The molecule has 0 bridgehead atoms. The third kappa shape index (κ3) is 3.85. The van der Waals surface area contributed by atoms with Gasteiger partial charge in [0.25, 0.3) is 11.8 Å². The quantitative estimate of drug-likeness (QED) is 0.740. The molecule has 1 aliphatic rings. The van der Waals surface area contributed by atoms with Crippen LogP contribution in [0.15, 0.2) is 48.7 Å². The largest absolute Gasteiger partial charge is 0.350 e. The molecule has 1 aliphatic heterocycles. The van der Waals surface area contributed by atoms with Crippen LogP contribution < -0.4 is 5.32 Å². The molecule has 4 rings (SSSR count). The molecule has 0 spiro atoms. The van der Waals surface area contributed by atoms with E-state index >= 15 is 0 Å². The second kappa shape index (κ2) is 8.03. The summed E-state index contributed by atoms with van der Waals surface area (Å²) < 4.78 is 15.6. The van der Waals surface area contributed by atoms with E-state index in [2.05, 4.69) is 10.3 Å². The predicted molar refractivity (Wildman–Crippen MR) is 107 cm³/mol. The van der Waals surface area contributed by atoms with Crippen LogP contribution in [0.3, 0.4) is 0 Å². The maximum Gasteiger partial charge on any atom is 0.270 e. The molecule has 1 fully saturated rings. The Hall–Kier alpha value is -3.22. The zero-order valence-corrected chi connectivity index (χ0v) is 16.3. The topological polar surface area (TPSA) is 66.7 Å². The number of hydrogen-bond acceptors (Lipinski definition) is 3. The monoisotopic (exact) mass is 394 g/mol. The molecule has 0 atom stereocenters. The van der Waals surface area contributed by atoms with E-state index < -0.39 is 5.82 Å². The van der Waals surface area contributed by atoms with Gasteiger partial charge in [-0.1, -0.05) is 18.2 Å². The number of pyridine rings is 1. The van der Waals surface area contributed by atoms with Gasteiger partial charge in [-0.25, -0.2) is 9.37 Å². The van der Waals surface area contributed by atoms with Crippen molar-refractivity contribution >= 4 is 17.5 Å². The molecule has 2 amide bonds. The highest BCUT2D eigenvalue weighted by molar-refractivity contribution is 5.95. The summed E-state index contributed by atoms with van der Waals surface area (Å²) in [6, 6.07) is 11.7. The summed E-state index contributed by atoms with van der Waals surface area (Å²) in [5.74, 6) is -0.628. The molecule has 2 aromatic heterocycles. The first-order chi connectivity index (χ1) is 14.0. The summed E-state index contributed by atoms with van der Waals surface area (Å²) in [5, 5.41) is 3.01. The van der Waals surface area contributed by atoms with Crippen LogP contribution in [0.25, 0.3) is 5.65 Å². The minimum Gasteiger partial charge on any atom is -0.350 e. The number of nitrogens with one attached hydrogen (secondary N) is 1. The number of carbonyl (C=O) groups is 2. The fraction of sp³-hybridized carbons (Fsp3) is 0.318. The Morgan fingerprint density at radius 3 is 2.62 bits per heavy atom. The smallest absolute Gasteiger partial charge is 0.270 e. The molecule has 29 heavy (non-hydrogen) atoms. The number of hydrogen-bond donors (Lipinski definition) is 1. The SMILES string of the molecule is Cc1nc2ccccn2c1C(=O)NCC1CCN(C(=O)c2ccccc2F)CC1. The van der Waals surface area contributed by atoms with Crippen molar-refractivity contribution in [3.05, 3.63) is 71.4 Å². The van der Waals surface area contributed by atoms with E-state index in [1.807, 2.05) is 31.3 Å². The zero-order chi connectivity index (χ0) is 20.4. The number of benzene rings is 1. The lowest BCUT2D eigenvalue weighted by molar-refractivity contribution is 0.0679. The van der Waals surface area contributed by atoms with Gasteiger partial charge in [0, 0.05) is 25.8 Å². The standard InChI is InChI=1S/C22H23FN4O2/c1-15-20(27-11-5-4-8-19(27)25-15)21(28)24-14-16-9-12-26(13-10-16)22(29)17-6-2-3-7-18(17)23/h2-8,11,16H,9-10,12-14H2,1H3,(H,24,28). The van der Waals surface area contributed by atoms with Crippen molar-refractivity contribution < 1.29 is 14.0 Å². The minimum atomic E-state index is -0.490. The fourth-order valence-corrected chi connectivity index (χ4v) is 3.85. The van der Waals surface area contributed by atoms with Crippen LogP contribution in [0.4, 0.5) is 4.39 Å². The summed E-state index contributed by atoms with van der Waals surface area (Å²) in [7, 11) is 0. The molecule has 0 radical (unpaired) electrons. The number of piperidine rings is 1. The molecule has 0 unspecified atom stereocenters. The van der Waals surface area contributed by atoms with Gasteiger partial charge in [0.2, 0.25) is 0 Å². The first kappa shape index (κ1) is 19.1. The van der Waals surface area contributed by atoms with Crippen molar-refractivity contribution in [2.24, 2.45) is 5.92 Å². The number of nitrogens with zero attached hydrogens (tertiary/aromatic N) is 3. The number of carbonyl (C=O) groups excluding carboxylic acids is 2. The molecule has 1 aromatic carbocycles. The number of rotatable bonds is 4. The Morgan fingerprint density at radius 1 is 1.14 bits per heavy atom. The van der Waals surface area contributed by atoms with E-state index in [1.165, 1.54) is 12.1 Å². The molecule has 0 saturated carbocycles. The number of likely N-dealkylation sites (tertiary alicyclic amines) is 1. The van der Waals surface area contributed by atoms with E-state index in [9.17, 15) is 14.0 Å². The highest BCUT2D eigenvalue weighted by Crippen LogP contribution is 2.20. The van der Waals surface area contributed by atoms with E-state index in [4.69, 9.17) is 0 Å². The average molecular weight is 394 g/mol. The predicted octanol–water partition coefficient (Wildman–Crippen LogP) is 3.06. The maximum absolute atomic E-state index is 13.9. The fourth-order valence-electron chi connectivity index (χ4n) is 3.85. The summed E-state index contributed by atoms with van der Waals surface area (Å²) in [6.45, 7) is 3.49. The van der Waals surface area contributed by atoms with Crippen LogP contribution in [0.5, 0.6) is 0 Å². The van der Waals surface area contributed by atoms with Gasteiger partial charge in [-0.2, -0.15) is 0 Å². The number of aryl methyl sites for hydroxylation is 1. The van der Waals surface area contributed by atoms with E-state index in [0.717, 1.165) is 18.5 Å². The molecule has 150 valence electrons. The van der Waals surface area contributed by atoms with Gasteiger partial charge in [-0.15, -0.1) is 0 Å². The van der Waals surface area contributed by atoms with Crippen molar-refractivity contribution in [1.29, 1.82) is 0 Å². The van der Waals surface area contributed by atoms with Gasteiger partial charge in [-0.3, -0.25) is 14.0 Å². The van der Waals surface area contributed by atoms with E-state index in [0.29, 0.717) is 31.0 Å². The van der Waals surface area contributed by atoms with Gasteiger partial charge in [0.05, 0.1) is 11.3 Å². The molecular weight excluding hydrogens is 371 g/mol. The highest BCUT2D eigenvalue weighted by Gasteiger charge is 2.26. The Morgan fingerprint density at radius 2 is 1.86 bits per heavy atom. The highest BCUT2D eigenvalue weighted by atomic mass is 19.1. The van der Waals surface area contributed by atoms with Crippen LogP contribution in [0.1, 0.15) is 39.4 Å². The lowest BCUT2D eigenvalue weighted by Crippen LogP contribution is -2.42. The Balaban J connectivity index is 1.33. The lowest BCUT2D eigenvalue weighted by atomic mass is 9.96. The van der Waals surface area contributed by atoms with Crippen LogP contribution in [-0.4, -0.2) is 45.7 Å². The maximum atomic E-state index is 13.9. The van der Waals surface area contributed by atoms with Crippen LogP contribution in [-0.2, 0) is 0 Å². The summed E-state index contributed by atoms with van der Waals surface area (Å²) in [4.78, 5) is 31.3. The van der Waals surface area contributed by atoms with E-state index in [1.54, 1.807) is 21.4 Å². The summed E-state index contributed by atoms with van der Waals surface area (Å²) in [6.07, 6.45) is 3.37. The lowest BCUT2D eigenvalue weighted by Gasteiger charge is -2.32. The number of imidazole rings is 1. The van der Waals surface area contributed by atoms with Crippen LogP contribution >= 0.6 is 0 Å². The number of halogens is 1. The zero-order valence-electron chi connectivity index (χ0n) is 16.3. The van der Waals surface area contributed by atoms with Crippen molar-refractivity contribution in [3.8, 4) is 0 Å². The van der Waals surface area contributed by atoms with Crippen molar-refractivity contribution in [1.82, 2.24) is 19.6 Å². The van der Waals surface area contributed by atoms with Gasteiger partial charge in [-0.05, 0) is 49.9 Å². The molecule has 3 aromatic rings.